The quantitative estimate of drug-likeness (QED) is 0.687. The highest BCUT2D eigenvalue weighted by molar-refractivity contribution is 5.76. The second kappa shape index (κ2) is 7.22. The molecule has 0 spiro atoms. The number of hydrogen-bond acceptors (Lipinski definition) is 3. The molecule has 1 atom stereocenters. The number of nitrogens with one attached hydrogen (secondary N) is 1. The van der Waals surface area contributed by atoms with E-state index in [2.05, 4.69) is 42.7 Å². The van der Waals surface area contributed by atoms with Gasteiger partial charge in [-0.05, 0) is 30.4 Å². The lowest BCUT2D eigenvalue weighted by Crippen LogP contribution is -2.31. The van der Waals surface area contributed by atoms with Gasteiger partial charge in [-0.15, -0.1) is 0 Å². The number of anilines is 1. The molecule has 152 valence electrons. The number of pyridine rings is 1. The van der Waals surface area contributed by atoms with Crippen LogP contribution in [0, 0.1) is 17.2 Å². The third kappa shape index (κ3) is 4.54. The highest BCUT2D eigenvalue weighted by atomic mass is 19.4. The Morgan fingerprint density at radius 2 is 2.00 bits per heavy atom. The van der Waals surface area contributed by atoms with E-state index >= 15 is 0 Å². The Balaban J connectivity index is 2.02. The molecule has 2 aromatic rings. The molecule has 3 heterocycles. The minimum atomic E-state index is -4.27. The van der Waals surface area contributed by atoms with Crippen molar-refractivity contribution >= 4 is 5.82 Å². The van der Waals surface area contributed by atoms with E-state index in [1.807, 2.05) is 0 Å². The van der Waals surface area contributed by atoms with Crippen molar-refractivity contribution in [2.75, 3.05) is 5.32 Å². The summed E-state index contributed by atoms with van der Waals surface area (Å²) in [5.74, 6) is -1.53. The Hall–Kier alpha value is -2.38. The average molecular weight is 396 g/mol. The summed E-state index contributed by atoms with van der Waals surface area (Å²) in [7, 11) is 0. The first-order chi connectivity index (χ1) is 12.9. The van der Waals surface area contributed by atoms with Gasteiger partial charge in [-0.1, -0.05) is 27.4 Å². The lowest BCUT2D eigenvalue weighted by molar-refractivity contribution is -0.179. The molecule has 2 aromatic heterocycles. The van der Waals surface area contributed by atoms with Gasteiger partial charge in [0.15, 0.2) is 5.82 Å². The Kier molecular flexibility index (Phi) is 5.25. The smallest absolute Gasteiger partial charge is 0.342 e. The van der Waals surface area contributed by atoms with E-state index in [0.717, 1.165) is 6.20 Å². The maximum Gasteiger partial charge on any atom is 0.392 e. The number of aryl methyl sites for hydroxylation is 1. The molecule has 0 bridgehead atoms. The molecule has 0 radical (unpaired) electrons. The molecular formula is C20H24F4N4. The maximum atomic E-state index is 13.3. The molecule has 0 aromatic carbocycles. The van der Waals surface area contributed by atoms with Gasteiger partial charge in [0.05, 0.1) is 29.1 Å². The third-order valence-electron chi connectivity index (χ3n) is 4.67. The van der Waals surface area contributed by atoms with Gasteiger partial charge in [-0.3, -0.25) is 9.67 Å². The number of fused-ring (bicyclic) bond motifs is 1. The van der Waals surface area contributed by atoms with Crippen LogP contribution >= 0.6 is 0 Å². The normalized spacial score (nSPS) is 17.3. The molecule has 8 heteroatoms. The number of nitrogens with zero attached hydrogens (tertiary/aromatic N) is 3. The van der Waals surface area contributed by atoms with E-state index < -0.39 is 17.9 Å². The fraction of sp³-hybridized carbons (Fsp3) is 0.500. The van der Waals surface area contributed by atoms with Gasteiger partial charge in [0.2, 0.25) is 0 Å². The maximum absolute atomic E-state index is 13.3. The number of hydrogen-bond donors (Lipinski definition) is 1. The molecule has 4 nitrogen and oxygen atoms in total. The van der Waals surface area contributed by atoms with Gasteiger partial charge in [-0.2, -0.15) is 18.3 Å². The van der Waals surface area contributed by atoms with Crippen LogP contribution in [0.2, 0.25) is 0 Å². The molecule has 0 saturated heterocycles. The second-order valence-electron chi connectivity index (χ2n) is 8.45. The fourth-order valence-electron chi connectivity index (χ4n) is 3.51. The zero-order chi connectivity index (χ0) is 20.7. The van der Waals surface area contributed by atoms with Gasteiger partial charge in [0.1, 0.15) is 5.82 Å². The number of alkyl halides is 3. The van der Waals surface area contributed by atoms with Gasteiger partial charge < -0.3 is 5.32 Å². The van der Waals surface area contributed by atoms with Gasteiger partial charge in [0.25, 0.3) is 0 Å². The molecular weight excluding hydrogens is 372 g/mol. The van der Waals surface area contributed by atoms with Crippen LogP contribution in [-0.4, -0.2) is 20.9 Å². The highest BCUT2D eigenvalue weighted by Gasteiger charge is 2.43. The largest absolute Gasteiger partial charge is 0.392 e. The monoisotopic (exact) mass is 396 g/mol. The third-order valence-corrected chi connectivity index (χ3v) is 4.67. The molecule has 28 heavy (non-hydrogen) atoms. The van der Waals surface area contributed by atoms with Crippen LogP contribution < -0.4 is 5.32 Å². The summed E-state index contributed by atoms with van der Waals surface area (Å²) < 4.78 is 54.8. The molecule has 0 aliphatic carbocycles. The molecule has 3 rings (SSSR count). The summed E-state index contributed by atoms with van der Waals surface area (Å²) in [5, 5.41) is 7.63. The van der Waals surface area contributed by atoms with Gasteiger partial charge >= 0.3 is 6.18 Å². The summed E-state index contributed by atoms with van der Waals surface area (Å²) >= 11 is 0. The van der Waals surface area contributed by atoms with Crippen LogP contribution in [0.15, 0.2) is 30.6 Å². The number of allylic oxidation sites excluding steroid dienone is 1. The minimum Gasteiger partial charge on any atom is -0.342 e. The van der Waals surface area contributed by atoms with Gasteiger partial charge in [0, 0.05) is 18.7 Å². The van der Waals surface area contributed by atoms with Crippen LogP contribution in [0.4, 0.5) is 23.4 Å². The molecule has 1 aliphatic heterocycles. The van der Waals surface area contributed by atoms with Crippen molar-refractivity contribution in [3.63, 3.8) is 0 Å². The molecule has 1 N–H and O–H groups in total. The zero-order valence-electron chi connectivity index (χ0n) is 16.2. The van der Waals surface area contributed by atoms with Crippen LogP contribution in [0.1, 0.15) is 39.3 Å². The predicted octanol–water partition coefficient (Wildman–Crippen LogP) is 5.57. The molecule has 0 fully saturated rings. The van der Waals surface area contributed by atoms with E-state index in [4.69, 9.17) is 0 Å². The Labute approximate surface area is 161 Å². The van der Waals surface area contributed by atoms with Crippen molar-refractivity contribution in [3.8, 4) is 11.3 Å². The van der Waals surface area contributed by atoms with E-state index in [1.54, 1.807) is 4.68 Å². The van der Waals surface area contributed by atoms with Crippen molar-refractivity contribution in [2.24, 2.45) is 11.3 Å². The first kappa shape index (κ1) is 20.4. The van der Waals surface area contributed by atoms with Crippen LogP contribution in [0.25, 0.3) is 11.3 Å². The van der Waals surface area contributed by atoms with Gasteiger partial charge in [-0.25, -0.2) is 4.39 Å². The minimum absolute atomic E-state index is 0.0148. The van der Waals surface area contributed by atoms with Crippen LogP contribution in [-0.2, 0) is 13.0 Å². The number of halogens is 4. The van der Waals surface area contributed by atoms with Crippen LogP contribution in [0.5, 0.6) is 0 Å². The predicted molar refractivity (Wildman–Crippen MR) is 100 cm³/mol. The van der Waals surface area contributed by atoms with E-state index in [-0.39, 0.29) is 24.8 Å². The zero-order valence-corrected chi connectivity index (χ0v) is 16.2. The second-order valence-corrected chi connectivity index (χ2v) is 8.45. The van der Waals surface area contributed by atoms with Crippen molar-refractivity contribution in [1.82, 2.24) is 14.8 Å². The van der Waals surface area contributed by atoms with Crippen LogP contribution in [0.3, 0.4) is 0 Å². The lowest BCUT2D eigenvalue weighted by atomic mass is 9.90. The first-order valence-corrected chi connectivity index (χ1v) is 9.17. The summed E-state index contributed by atoms with van der Waals surface area (Å²) in [5.41, 5.74) is 2.01. The summed E-state index contributed by atoms with van der Waals surface area (Å²) in [6, 6.07) is 2.70. The van der Waals surface area contributed by atoms with E-state index in [0.29, 0.717) is 34.9 Å². The van der Waals surface area contributed by atoms with E-state index in [1.165, 1.54) is 12.1 Å². The highest BCUT2D eigenvalue weighted by Crippen LogP contribution is 2.41. The van der Waals surface area contributed by atoms with Crippen molar-refractivity contribution in [3.05, 3.63) is 42.1 Å². The average Bonchev–Trinajstić information content (AvgIpc) is 2.89. The summed E-state index contributed by atoms with van der Waals surface area (Å²) in [6.07, 6.45) is -2.75. The summed E-state index contributed by atoms with van der Waals surface area (Å²) in [6.45, 7) is 10.4. The fourth-order valence-corrected chi connectivity index (χ4v) is 3.51. The molecule has 1 unspecified atom stereocenters. The standard InChI is InChI=1S/C20H24F4N4/c1-12(10-19(2,3)4)26-18-17(15-6-5-14(21)11-25-15)16-9-13(20(22,23)24)7-8-28(16)27-18/h5-6,11,13H,1,7-10H2,2-4H3,(H,26,27). The topological polar surface area (TPSA) is 42.7 Å². The van der Waals surface area contributed by atoms with Crippen molar-refractivity contribution in [2.45, 2.75) is 52.8 Å². The Morgan fingerprint density at radius 1 is 1.29 bits per heavy atom. The van der Waals surface area contributed by atoms with Crippen molar-refractivity contribution < 1.29 is 17.6 Å². The summed E-state index contributed by atoms with van der Waals surface area (Å²) in [4.78, 5) is 4.08. The first-order valence-electron chi connectivity index (χ1n) is 9.17. The Bertz CT molecular complexity index is 860. The lowest BCUT2D eigenvalue weighted by Gasteiger charge is -2.25. The van der Waals surface area contributed by atoms with Crippen molar-refractivity contribution in [1.29, 1.82) is 0 Å². The number of aromatic nitrogens is 3. The molecule has 1 aliphatic rings. The molecule has 0 saturated carbocycles. The number of rotatable bonds is 4. The SMILES string of the molecule is C=C(CC(C)(C)C)Nc1nn2c(c1-c1ccc(F)cn1)CC(C(F)(F)F)CC2. The van der Waals surface area contributed by atoms with E-state index in [9.17, 15) is 17.6 Å². The molecule has 0 amide bonds. The Morgan fingerprint density at radius 3 is 2.57 bits per heavy atom.